The van der Waals surface area contributed by atoms with E-state index in [0.29, 0.717) is 11.6 Å². The zero-order valence-electron chi connectivity index (χ0n) is 12.0. The van der Waals surface area contributed by atoms with Gasteiger partial charge >= 0.3 is 10.1 Å². The van der Waals surface area contributed by atoms with Crippen LogP contribution in [-0.2, 0) is 10.1 Å². The van der Waals surface area contributed by atoms with Gasteiger partial charge in [-0.05, 0) is 30.3 Å². The molecule has 0 saturated heterocycles. The number of rotatable bonds is 5. The van der Waals surface area contributed by atoms with Crippen molar-refractivity contribution >= 4 is 10.1 Å². The Kier molecular flexibility index (Phi) is 4.25. The largest absolute Gasteiger partial charge is 0.439 e. The van der Waals surface area contributed by atoms with Gasteiger partial charge in [0.1, 0.15) is 16.4 Å². The van der Waals surface area contributed by atoms with Crippen LogP contribution in [0, 0.1) is 0 Å². The first-order chi connectivity index (χ1) is 11.1. The number of hydrogen-bond donors (Lipinski definition) is 0. The molecule has 0 spiro atoms. The number of pyridine rings is 1. The lowest BCUT2D eigenvalue weighted by atomic mass is 10.3. The van der Waals surface area contributed by atoms with Gasteiger partial charge in [-0.1, -0.05) is 30.3 Å². The molecular weight excluding hydrogens is 314 g/mol. The maximum atomic E-state index is 12.2. The fourth-order valence-corrected chi connectivity index (χ4v) is 2.82. The zero-order valence-corrected chi connectivity index (χ0v) is 12.8. The van der Waals surface area contributed by atoms with Gasteiger partial charge < -0.3 is 8.92 Å². The van der Waals surface area contributed by atoms with Gasteiger partial charge in [-0.2, -0.15) is 8.42 Å². The van der Waals surface area contributed by atoms with E-state index in [2.05, 4.69) is 4.98 Å². The minimum absolute atomic E-state index is 0.0936. The molecule has 0 aliphatic rings. The molecule has 0 bridgehead atoms. The molecule has 5 nitrogen and oxygen atoms in total. The number of nitrogens with zero attached hydrogens (tertiary/aromatic N) is 1. The van der Waals surface area contributed by atoms with Crippen molar-refractivity contribution in [1.82, 2.24) is 4.98 Å². The van der Waals surface area contributed by atoms with Gasteiger partial charge in [-0.15, -0.1) is 0 Å². The van der Waals surface area contributed by atoms with E-state index < -0.39 is 10.1 Å². The zero-order chi connectivity index (χ0) is 16.1. The number of benzene rings is 2. The molecule has 116 valence electrons. The first-order valence-corrected chi connectivity index (χ1v) is 8.23. The first-order valence-electron chi connectivity index (χ1n) is 6.82. The summed E-state index contributed by atoms with van der Waals surface area (Å²) in [5, 5.41) is 0. The smallest absolute Gasteiger partial charge is 0.339 e. The van der Waals surface area contributed by atoms with Gasteiger partial charge in [0.25, 0.3) is 0 Å². The van der Waals surface area contributed by atoms with Crippen LogP contribution in [0.2, 0.25) is 0 Å². The summed E-state index contributed by atoms with van der Waals surface area (Å²) >= 11 is 0. The van der Waals surface area contributed by atoms with E-state index >= 15 is 0 Å². The molecule has 2 aromatic carbocycles. The van der Waals surface area contributed by atoms with E-state index in [1.165, 1.54) is 18.2 Å². The third-order valence-electron chi connectivity index (χ3n) is 2.90. The van der Waals surface area contributed by atoms with Crippen molar-refractivity contribution in [1.29, 1.82) is 0 Å². The Bertz CT molecular complexity index is 881. The molecular formula is C17H13NO4S. The summed E-state index contributed by atoms with van der Waals surface area (Å²) in [6.07, 6.45) is 1.61. The highest BCUT2D eigenvalue weighted by molar-refractivity contribution is 7.87. The third-order valence-corrected chi connectivity index (χ3v) is 4.16. The molecule has 23 heavy (non-hydrogen) atoms. The Balaban J connectivity index is 1.80. The standard InChI is InChI=1S/C17H13NO4S/c19-23(20,16-9-2-1-3-10-16)22-15-8-6-7-14(13-15)21-17-11-4-5-12-18-17/h1-13H. The van der Waals surface area contributed by atoms with Crippen molar-refractivity contribution in [3.63, 3.8) is 0 Å². The van der Waals surface area contributed by atoms with Crippen LogP contribution in [0.3, 0.4) is 0 Å². The molecule has 0 radical (unpaired) electrons. The monoisotopic (exact) mass is 327 g/mol. The molecule has 0 amide bonds. The molecule has 1 heterocycles. The molecule has 0 unspecified atom stereocenters. The summed E-state index contributed by atoms with van der Waals surface area (Å²) in [4.78, 5) is 4.14. The van der Waals surface area contributed by atoms with Gasteiger partial charge in [0, 0.05) is 18.3 Å². The van der Waals surface area contributed by atoms with Crippen LogP contribution in [0.1, 0.15) is 0 Å². The van der Waals surface area contributed by atoms with Crippen LogP contribution >= 0.6 is 0 Å². The molecule has 1 aromatic heterocycles. The molecule has 0 atom stereocenters. The van der Waals surface area contributed by atoms with Crippen molar-refractivity contribution in [2.45, 2.75) is 4.90 Å². The average Bonchev–Trinajstić information content (AvgIpc) is 2.56. The van der Waals surface area contributed by atoms with Crippen LogP contribution < -0.4 is 8.92 Å². The second kappa shape index (κ2) is 6.50. The number of ether oxygens (including phenoxy) is 1. The minimum atomic E-state index is -3.87. The molecule has 0 aliphatic carbocycles. The maximum absolute atomic E-state index is 12.2. The lowest BCUT2D eigenvalue weighted by Crippen LogP contribution is -2.09. The van der Waals surface area contributed by atoms with Crippen molar-refractivity contribution in [3.8, 4) is 17.4 Å². The van der Waals surface area contributed by atoms with Crippen molar-refractivity contribution < 1.29 is 17.3 Å². The van der Waals surface area contributed by atoms with Gasteiger partial charge in [-0.25, -0.2) is 4.98 Å². The van der Waals surface area contributed by atoms with Gasteiger partial charge in [0.15, 0.2) is 0 Å². The van der Waals surface area contributed by atoms with Crippen molar-refractivity contribution in [2.75, 3.05) is 0 Å². The lowest BCUT2D eigenvalue weighted by molar-refractivity contribution is 0.455. The summed E-state index contributed by atoms with van der Waals surface area (Å²) in [5.74, 6) is 1.02. The molecule has 3 aromatic rings. The summed E-state index contributed by atoms with van der Waals surface area (Å²) in [5.41, 5.74) is 0. The minimum Gasteiger partial charge on any atom is -0.439 e. The van der Waals surface area contributed by atoms with Gasteiger partial charge in [0.05, 0.1) is 0 Å². The molecule has 3 rings (SSSR count). The normalized spacial score (nSPS) is 11.0. The van der Waals surface area contributed by atoms with Crippen LogP contribution in [0.15, 0.2) is 83.9 Å². The highest BCUT2D eigenvalue weighted by Gasteiger charge is 2.16. The van der Waals surface area contributed by atoms with E-state index in [4.69, 9.17) is 8.92 Å². The van der Waals surface area contributed by atoms with Gasteiger partial charge in [0.2, 0.25) is 5.88 Å². The molecule has 0 aliphatic heterocycles. The molecule has 0 N–H and O–H groups in total. The van der Waals surface area contributed by atoms with E-state index in [0.717, 1.165) is 0 Å². The summed E-state index contributed by atoms with van der Waals surface area (Å²) in [6, 6.07) is 19.6. The van der Waals surface area contributed by atoms with E-state index in [1.807, 2.05) is 0 Å². The Morgan fingerprint density at radius 2 is 1.52 bits per heavy atom. The highest BCUT2D eigenvalue weighted by atomic mass is 32.2. The Labute approximate surface area is 134 Å². The van der Waals surface area contributed by atoms with Crippen LogP contribution in [0.4, 0.5) is 0 Å². The van der Waals surface area contributed by atoms with Gasteiger partial charge in [-0.3, -0.25) is 0 Å². The van der Waals surface area contributed by atoms with Crippen LogP contribution in [-0.4, -0.2) is 13.4 Å². The lowest BCUT2D eigenvalue weighted by Gasteiger charge is -2.09. The average molecular weight is 327 g/mol. The fraction of sp³-hybridized carbons (Fsp3) is 0. The summed E-state index contributed by atoms with van der Waals surface area (Å²) < 4.78 is 35.1. The summed E-state index contributed by atoms with van der Waals surface area (Å²) in [7, 11) is -3.87. The third kappa shape index (κ3) is 3.87. The van der Waals surface area contributed by atoms with Crippen LogP contribution in [0.5, 0.6) is 17.4 Å². The second-order valence-electron chi connectivity index (χ2n) is 4.60. The fourth-order valence-electron chi connectivity index (χ4n) is 1.88. The SMILES string of the molecule is O=S(=O)(Oc1cccc(Oc2ccccn2)c1)c1ccccc1. The Morgan fingerprint density at radius 3 is 2.26 bits per heavy atom. The predicted molar refractivity (Wildman–Crippen MR) is 85.0 cm³/mol. The van der Waals surface area contributed by atoms with Crippen LogP contribution in [0.25, 0.3) is 0 Å². The topological polar surface area (TPSA) is 65.5 Å². The molecule has 0 fully saturated rings. The summed E-state index contributed by atoms with van der Waals surface area (Å²) in [6.45, 7) is 0. The maximum Gasteiger partial charge on any atom is 0.339 e. The number of aromatic nitrogens is 1. The predicted octanol–water partition coefficient (Wildman–Crippen LogP) is 3.64. The van der Waals surface area contributed by atoms with Crippen molar-refractivity contribution in [3.05, 3.63) is 79.0 Å². The number of hydrogen-bond acceptors (Lipinski definition) is 5. The van der Waals surface area contributed by atoms with E-state index in [9.17, 15) is 8.42 Å². The highest BCUT2D eigenvalue weighted by Crippen LogP contribution is 2.26. The Hall–Kier alpha value is -2.86. The molecule has 6 heteroatoms. The van der Waals surface area contributed by atoms with E-state index in [-0.39, 0.29) is 10.6 Å². The second-order valence-corrected chi connectivity index (χ2v) is 6.14. The van der Waals surface area contributed by atoms with E-state index in [1.54, 1.807) is 60.8 Å². The van der Waals surface area contributed by atoms with Crippen molar-refractivity contribution in [2.24, 2.45) is 0 Å². The molecule has 0 saturated carbocycles. The quantitative estimate of drug-likeness (QED) is 0.669. The first kappa shape index (κ1) is 15.1. The Morgan fingerprint density at radius 1 is 0.783 bits per heavy atom.